The predicted octanol–water partition coefficient (Wildman–Crippen LogP) is 16.3. The van der Waals surface area contributed by atoms with Gasteiger partial charge in [0, 0.05) is 32.1 Å². The van der Waals surface area contributed by atoms with Crippen LogP contribution in [-0.4, -0.2) is 32.4 Å². The van der Waals surface area contributed by atoms with Gasteiger partial charge in [0.2, 0.25) is 0 Å². The Balaban J connectivity index is 0.000000152. The standard InChI is InChI=1S/C24H21NO3S.C24H23NOS.C16H19NO/c1-28-20-4-2-3-16(13-20)5-6-17-7-9-21(24(26)27)22(14-17)25-19-8-10-23-18(15-19)11-12-29-23;1-17-6-7-19(9-8-18-4-3-5-22(14-18)26-2)15-23(17)25-21-10-11-24-20(16-21)12-13-27-24;1-12-6-7-14(11-16(12)17)9-8-13-4-3-5-15(10-13)18-2/h2-4,7-15,25H,5-6H2,1H3,(H,26,27);3-7,10-16,25H,8-9H2,1-2H3;3-7,10-11H,8-9,17H2,1-2H3. The maximum Gasteiger partial charge on any atom is 0.337 e. The Morgan fingerprint density at radius 3 is 1.31 bits per heavy atom. The van der Waals surface area contributed by atoms with Crippen LogP contribution in [0, 0.1) is 13.8 Å². The summed E-state index contributed by atoms with van der Waals surface area (Å²) < 4.78 is 18.4. The summed E-state index contributed by atoms with van der Waals surface area (Å²) in [5.41, 5.74) is 20.7. The Bertz CT molecular complexity index is 3470. The molecule has 2 heterocycles. The second-order valence-electron chi connectivity index (χ2n) is 18.2. The summed E-state index contributed by atoms with van der Waals surface area (Å²) in [6, 6.07) is 59.9. The van der Waals surface area contributed by atoms with E-state index in [2.05, 4.69) is 138 Å². The van der Waals surface area contributed by atoms with Crippen LogP contribution in [0.2, 0.25) is 0 Å². The maximum atomic E-state index is 11.7. The fourth-order valence-corrected chi connectivity index (χ4v) is 10.1. The van der Waals surface area contributed by atoms with Gasteiger partial charge in [-0.05, 0) is 228 Å². The minimum absolute atomic E-state index is 0.264. The topological polar surface area (TPSA) is 115 Å². The molecule has 10 rings (SSSR count). The van der Waals surface area contributed by atoms with Gasteiger partial charge in [0.25, 0.3) is 0 Å². The lowest BCUT2D eigenvalue weighted by Gasteiger charge is -2.12. The molecule has 0 aliphatic carbocycles. The number of thiophene rings is 2. The Labute approximate surface area is 443 Å². The van der Waals surface area contributed by atoms with E-state index in [9.17, 15) is 9.90 Å². The van der Waals surface area contributed by atoms with E-state index in [1.807, 2.05) is 67.6 Å². The van der Waals surface area contributed by atoms with Crippen molar-refractivity contribution in [1.29, 1.82) is 0 Å². The first-order valence-electron chi connectivity index (χ1n) is 24.7. The van der Waals surface area contributed by atoms with Crippen molar-refractivity contribution in [3.05, 3.63) is 237 Å². The van der Waals surface area contributed by atoms with Crippen LogP contribution in [0.4, 0.5) is 28.4 Å². The number of hydrogen-bond donors (Lipinski definition) is 4. The third kappa shape index (κ3) is 14.6. The number of aryl methyl sites for hydroxylation is 8. The summed E-state index contributed by atoms with van der Waals surface area (Å²) in [5.74, 6) is 1.73. The number of carbonyl (C=O) groups is 1. The number of rotatable bonds is 17. The van der Waals surface area contributed by atoms with Gasteiger partial charge in [-0.3, -0.25) is 0 Å². The number of ether oxygens (including phenoxy) is 3. The number of nitrogens with one attached hydrogen (secondary N) is 2. The summed E-state index contributed by atoms with van der Waals surface area (Å²) in [4.78, 5) is 11.7. The Morgan fingerprint density at radius 2 is 0.865 bits per heavy atom. The first-order chi connectivity index (χ1) is 36.0. The van der Waals surface area contributed by atoms with Gasteiger partial charge in [-0.15, -0.1) is 22.7 Å². The molecule has 10 aromatic rings. The molecule has 2 aromatic heterocycles. The van der Waals surface area contributed by atoms with Crippen LogP contribution in [-0.2, 0) is 38.5 Å². The number of carboxylic acid groups (broad SMARTS) is 1. The fourth-order valence-electron chi connectivity index (χ4n) is 8.59. The number of aromatic carboxylic acids is 1. The van der Waals surface area contributed by atoms with E-state index in [0.29, 0.717) is 5.69 Å². The monoisotopic (exact) mass is 1020 g/mol. The molecule has 5 N–H and O–H groups in total. The Morgan fingerprint density at radius 1 is 0.459 bits per heavy atom. The zero-order valence-electron chi connectivity index (χ0n) is 42.6. The number of nitrogens with two attached hydrogens (primary N) is 1. The summed E-state index contributed by atoms with van der Waals surface area (Å²) in [7, 11) is 5.07. The lowest BCUT2D eigenvalue weighted by Crippen LogP contribution is -2.04. The van der Waals surface area contributed by atoms with Gasteiger partial charge < -0.3 is 35.7 Å². The summed E-state index contributed by atoms with van der Waals surface area (Å²) in [6.45, 7) is 4.18. The fraction of sp³-hybridized carbons (Fsp3) is 0.172. The first-order valence-corrected chi connectivity index (χ1v) is 26.5. The van der Waals surface area contributed by atoms with Gasteiger partial charge in [-0.1, -0.05) is 66.7 Å². The number of nitrogen functional groups attached to an aromatic ring is 1. The van der Waals surface area contributed by atoms with Crippen LogP contribution in [0.5, 0.6) is 17.2 Å². The smallest absolute Gasteiger partial charge is 0.337 e. The maximum absolute atomic E-state index is 11.7. The molecule has 10 heteroatoms. The lowest BCUT2D eigenvalue weighted by atomic mass is 10.0. The summed E-state index contributed by atoms with van der Waals surface area (Å²) in [6.07, 6.45) is 5.67. The van der Waals surface area contributed by atoms with E-state index in [4.69, 9.17) is 19.9 Å². The molecule has 376 valence electrons. The van der Waals surface area contributed by atoms with Gasteiger partial charge in [-0.25, -0.2) is 4.79 Å². The third-order valence-corrected chi connectivity index (χ3v) is 14.7. The molecule has 0 aliphatic heterocycles. The molecule has 0 bridgehead atoms. The highest BCUT2D eigenvalue weighted by Gasteiger charge is 2.13. The van der Waals surface area contributed by atoms with Crippen molar-refractivity contribution in [3.8, 4) is 17.2 Å². The van der Waals surface area contributed by atoms with E-state index >= 15 is 0 Å². The number of methoxy groups -OCH3 is 3. The molecule has 0 spiro atoms. The highest BCUT2D eigenvalue weighted by atomic mass is 32.1. The number of fused-ring (bicyclic) bond motifs is 2. The molecule has 0 atom stereocenters. The van der Waals surface area contributed by atoms with Crippen molar-refractivity contribution in [2.24, 2.45) is 0 Å². The van der Waals surface area contributed by atoms with E-state index in [1.165, 1.54) is 53.9 Å². The van der Waals surface area contributed by atoms with E-state index in [0.717, 1.165) is 89.3 Å². The molecule has 74 heavy (non-hydrogen) atoms. The van der Waals surface area contributed by atoms with Crippen LogP contribution < -0.4 is 30.6 Å². The molecule has 0 radical (unpaired) electrons. The van der Waals surface area contributed by atoms with Crippen molar-refractivity contribution < 1.29 is 24.1 Å². The Hall–Kier alpha value is -8.05. The second-order valence-corrected chi connectivity index (χ2v) is 20.1. The average Bonchev–Trinajstić information content (AvgIpc) is 4.11. The molecular weight excluding hydrogens is 955 g/mol. The van der Waals surface area contributed by atoms with Gasteiger partial charge in [0.15, 0.2) is 0 Å². The quantitative estimate of drug-likeness (QED) is 0.0667. The highest BCUT2D eigenvalue weighted by Crippen LogP contribution is 2.31. The number of hydrogen-bond acceptors (Lipinski definition) is 9. The van der Waals surface area contributed by atoms with Crippen LogP contribution in [0.15, 0.2) is 187 Å². The molecule has 0 aliphatic rings. The molecule has 0 unspecified atom stereocenters. The van der Waals surface area contributed by atoms with Gasteiger partial charge in [0.05, 0.1) is 32.6 Å². The van der Waals surface area contributed by atoms with Crippen molar-refractivity contribution >= 4 is 77.3 Å². The van der Waals surface area contributed by atoms with Gasteiger partial charge >= 0.3 is 5.97 Å². The van der Waals surface area contributed by atoms with Crippen LogP contribution >= 0.6 is 22.7 Å². The van der Waals surface area contributed by atoms with Crippen LogP contribution in [0.25, 0.3) is 20.2 Å². The summed E-state index contributed by atoms with van der Waals surface area (Å²) >= 11 is 3.47. The zero-order chi connectivity index (χ0) is 51.8. The second kappa shape index (κ2) is 25.6. The molecule has 8 nitrogen and oxygen atoms in total. The normalized spacial score (nSPS) is 10.7. The largest absolute Gasteiger partial charge is 0.497 e. The summed E-state index contributed by atoms with van der Waals surface area (Å²) in [5, 5.41) is 23.1. The van der Waals surface area contributed by atoms with Crippen molar-refractivity contribution in [3.63, 3.8) is 0 Å². The number of carboxylic acids is 1. The van der Waals surface area contributed by atoms with Gasteiger partial charge in [-0.2, -0.15) is 0 Å². The molecule has 0 amide bonds. The van der Waals surface area contributed by atoms with Gasteiger partial charge in [0.1, 0.15) is 17.2 Å². The van der Waals surface area contributed by atoms with Crippen molar-refractivity contribution in [2.45, 2.75) is 52.4 Å². The van der Waals surface area contributed by atoms with E-state index < -0.39 is 5.97 Å². The van der Waals surface area contributed by atoms with Crippen molar-refractivity contribution in [2.75, 3.05) is 37.7 Å². The molecule has 0 saturated heterocycles. The van der Waals surface area contributed by atoms with E-state index in [-0.39, 0.29) is 5.56 Å². The highest BCUT2D eigenvalue weighted by molar-refractivity contribution is 7.17. The third-order valence-electron chi connectivity index (χ3n) is 12.9. The molecule has 8 aromatic carbocycles. The van der Waals surface area contributed by atoms with Crippen LogP contribution in [0.1, 0.15) is 54.9 Å². The SMILES string of the molecule is COc1cccc(CCc2ccc(C(=O)O)c(Nc3ccc4sccc4c3)c2)c1.COc1cccc(CCc2ccc(C)c(N)c2)c1.COc1cccc(CCc2ccc(C)c(Nc3ccc4sccc4c3)c2)c1. The molecule has 0 saturated carbocycles. The molecular formula is C64H63N3O5S2. The number of anilines is 5. The zero-order valence-corrected chi connectivity index (χ0v) is 44.2. The molecule has 0 fully saturated rings. The number of benzene rings is 8. The van der Waals surface area contributed by atoms with Crippen molar-refractivity contribution in [1.82, 2.24) is 0 Å². The minimum Gasteiger partial charge on any atom is -0.497 e. The Kier molecular flexibility index (Phi) is 18.1. The van der Waals surface area contributed by atoms with E-state index in [1.54, 1.807) is 50.1 Å². The van der Waals surface area contributed by atoms with Crippen LogP contribution in [0.3, 0.4) is 0 Å². The predicted molar refractivity (Wildman–Crippen MR) is 312 cm³/mol. The average molecular weight is 1020 g/mol. The lowest BCUT2D eigenvalue weighted by molar-refractivity contribution is 0.0698. The first kappa shape index (κ1) is 52.3. The minimum atomic E-state index is -0.941.